The van der Waals surface area contributed by atoms with Crippen LogP contribution in [0.25, 0.3) is 10.9 Å². The SMILES string of the molecule is CC1CCCN(C(=O)c2cc(=O)[nH]c3ccccc23)C1CN. The van der Waals surface area contributed by atoms with Gasteiger partial charge >= 0.3 is 0 Å². The molecule has 1 aliphatic rings. The molecule has 22 heavy (non-hydrogen) atoms. The number of pyridine rings is 1. The summed E-state index contributed by atoms with van der Waals surface area (Å²) in [6.07, 6.45) is 2.06. The summed E-state index contributed by atoms with van der Waals surface area (Å²) in [4.78, 5) is 29.5. The predicted molar refractivity (Wildman–Crippen MR) is 86.8 cm³/mol. The van der Waals surface area contributed by atoms with Crippen molar-refractivity contribution in [2.24, 2.45) is 11.7 Å². The largest absolute Gasteiger partial charge is 0.334 e. The van der Waals surface area contributed by atoms with E-state index in [2.05, 4.69) is 11.9 Å². The lowest BCUT2D eigenvalue weighted by atomic mass is 9.90. The summed E-state index contributed by atoms with van der Waals surface area (Å²) in [6.45, 7) is 3.28. The third-order valence-corrected chi connectivity index (χ3v) is 4.60. The first kappa shape index (κ1) is 14.8. The van der Waals surface area contributed by atoms with E-state index in [0.29, 0.717) is 30.1 Å². The van der Waals surface area contributed by atoms with E-state index in [1.807, 2.05) is 29.2 Å². The number of aromatic nitrogens is 1. The minimum atomic E-state index is -0.253. The van der Waals surface area contributed by atoms with Crippen molar-refractivity contribution in [3.8, 4) is 0 Å². The molecular weight excluding hydrogens is 278 g/mol. The minimum absolute atomic E-state index is 0.0410. The summed E-state index contributed by atoms with van der Waals surface area (Å²) >= 11 is 0. The number of nitrogens with zero attached hydrogens (tertiary/aromatic N) is 1. The fourth-order valence-corrected chi connectivity index (χ4v) is 3.40. The van der Waals surface area contributed by atoms with Crippen LogP contribution in [0.4, 0.5) is 0 Å². The van der Waals surface area contributed by atoms with E-state index >= 15 is 0 Å². The van der Waals surface area contributed by atoms with Crippen LogP contribution < -0.4 is 11.3 Å². The number of hydrogen-bond acceptors (Lipinski definition) is 3. The number of para-hydroxylation sites is 1. The van der Waals surface area contributed by atoms with Crippen LogP contribution in [-0.2, 0) is 0 Å². The van der Waals surface area contributed by atoms with Gasteiger partial charge in [0, 0.05) is 36.1 Å². The van der Waals surface area contributed by atoms with Crippen LogP contribution >= 0.6 is 0 Å². The van der Waals surface area contributed by atoms with E-state index < -0.39 is 0 Å². The van der Waals surface area contributed by atoms with Crippen molar-refractivity contribution in [3.63, 3.8) is 0 Å². The monoisotopic (exact) mass is 299 g/mol. The molecule has 1 aromatic heterocycles. The zero-order chi connectivity index (χ0) is 15.7. The van der Waals surface area contributed by atoms with E-state index in [1.54, 1.807) is 0 Å². The second kappa shape index (κ2) is 5.93. The lowest BCUT2D eigenvalue weighted by molar-refractivity contribution is 0.0534. The number of carbonyl (C=O) groups excluding carboxylic acids is 1. The smallest absolute Gasteiger partial charge is 0.255 e. The number of nitrogens with two attached hydrogens (primary N) is 1. The highest BCUT2D eigenvalue weighted by molar-refractivity contribution is 6.06. The van der Waals surface area contributed by atoms with Gasteiger partial charge in [-0.15, -0.1) is 0 Å². The van der Waals surface area contributed by atoms with Gasteiger partial charge in [0.05, 0.1) is 5.56 Å². The highest BCUT2D eigenvalue weighted by atomic mass is 16.2. The number of likely N-dealkylation sites (tertiary alicyclic amines) is 1. The van der Waals surface area contributed by atoms with Gasteiger partial charge in [-0.05, 0) is 24.8 Å². The van der Waals surface area contributed by atoms with Crippen LogP contribution in [-0.4, -0.2) is 34.9 Å². The fourth-order valence-electron chi connectivity index (χ4n) is 3.40. The first-order chi connectivity index (χ1) is 10.6. The Hall–Kier alpha value is -2.14. The molecule has 0 radical (unpaired) electrons. The normalized spacial score (nSPS) is 22.0. The molecule has 1 aliphatic heterocycles. The van der Waals surface area contributed by atoms with Crippen LogP contribution in [0.3, 0.4) is 0 Å². The summed E-state index contributed by atoms with van der Waals surface area (Å²) in [5.41, 5.74) is 6.78. The fraction of sp³-hybridized carbons (Fsp3) is 0.412. The zero-order valence-electron chi connectivity index (χ0n) is 12.7. The van der Waals surface area contributed by atoms with Gasteiger partial charge in [0.15, 0.2) is 0 Å². The Kier molecular flexibility index (Phi) is 3.98. The van der Waals surface area contributed by atoms with Gasteiger partial charge in [0.2, 0.25) is 5.56 Å². The molecule has 0 aliphatic carbocycles. The van der Waals surface area contributed by atoms with Gasteiger partial charge in [-0.25, -0.2) is 0 Å². The first-order valence-corrected chi connectivity index (χ1v) is 7.75. The number of nitrogens with one attached hydrogen (secondary N) is 1. The summed E-state index contributed by atoms with van der Waals surface area (Å²) < 4.78 is 0. The van der Waals surface area contributed by atoms with Gasteiger partial charge in [0.1, 0.15) is 0 Å². The third kappa shape index (κ3) is 2.52. The molecule has 2 heterocycles. The molecule has 5 nitrogen and oxygen atoms in total. The molecule has 0 spiro atoms. The van der Waals surface area contributed by atoms with E-state index in [4.69, 9.17) is 5.73 Å². The molecule has 0 bridgehead atoms. The molecule has 1 saturated heterocycles. The van der Waals surface area contributed by atoms with Crippen LogP contribution in [0.15, 0.2) is 35.1 Å². The molecular formula is C17H21N3O2. The number of benzene rings is 1. The minimum Gasteiger partial charge on any atom is -0.334 e. The summed E-state index contributed by atoms with van der Waals surface area (Å²) in [6, 6.07) is 8.84. The van der Waals surface area contributed by atoms with Crippen molar-refractivity contribution in [2.45, 2.75) is 25.8 Å². The van der Waals surface area contributed by atoms with Crippen molar-refractivity contribution in [1.82, 2.24) is 9.88 Å². The van der Waals surface area contributed by atoms with Crippen LogP contribution in [0.1, 0.15) is 30.1 Å². The van der Waals surface area contributed by atoms with Crippen molar-refractivity contribution in [3.05, 3.63) is 46.2 Å². The number of H-pyrrole nitrogens is 1. The zero-order valence-corrected chi connectivity index (χ0v) is 12.7. The molecule has 1 amide bonds. The summed E-state index contributed by atoms with van der Waals surface area (Å²) in [5, 5.41) is 0.779. The Morgan fingerprint density at radius 2 is 2.18 bits per heavy atom. The number of piperidine rings is 1. The first-order valence-electron chi connectivity index (χ1n) is 7.75. The van der Waals surface area contributed by atoms with Crippen molar-refractivity contribution >= 4 is 16.8 Å². The van der Waals surface area contributed by atoms with Crippen molar-refractivity contribution in [1.29, 1.82) is 0 Å². The Morgan fingerprint density at radius 1 is 1.41 bits per heavy atom. The van der Waals surface area contributed by atoms with Crippen LogP contribution in [0.2, 0.25) is 0 Å². The molecule has 1 fully saturated rings. The number of aromatic amines is 1. The second-order valence-corrected chi connectivity index (χ2v) is 6.01. The van der Waals surface area contributed by atoms with E-state index in [0.717, 1.165) is 18.2 Å². The van der Waals surface area contributed by atoms with Crippen LogP contribution in [0, 0.1) is 5.92 Å². The van der Waals surface area contributed by atoms with Gasteiger partial charge in [-0.1, -0.05) is 25.1 Å². The number of carbonyl (C=O) groups is 1. The van der Waals surface area contributed by atoms with Crippen molar-refractivity contribution in [2.75, 3.05) is 13.1 Å². The predicted octanol–water partition coefficient (Wildman–Crippen LogP) is 1.73. The molecule has 2 atom stereocenters. The highest BCUT2D eigenvalue weighted by Gasteiger charge is 2.32. The number of rotatable bonds is 2. The molecule has 3 N–H and O–H groups in total. The Morgan fingerprint density at radius 3 is 2.95 bits per heavy atom. The molecule has 2 aromatic rings. The maximum atomic E-state index is 13.0. The lowest BCUT2D eigenvalue weighted by Crippen LogP contribution is -2.51. The van der Waals surface area contributed by atoms with E-state index in [1.165, 1.54) is 6.07 Å². The molecule has 2 unspecified atom stereocenters. The lowest BCUT2D eigenvalue weighted by Gasteiger charge is -2.39. The molecule has 0 saturated carbocycles. The Balaban J connectivity index is 2.07. The van der Waals surface area contributed by atoms with E-state index in [-0.39, 0.29) is 17.5 Å². The van der Waals surface area contributed by atoms with Gasteiger partial charge < -0.3 is 15.6 Å². The van der Waals surface area contributed by atoms with Gasteiger partial charge in [-0.2, -0.15) is 0 Å². The molecule has 116 valence electrons. The average molecular weight is 299 g/mol. The second-order valence-electron chi connectivity index (χ2n) is 6.01. The summed E-state index contributed by atoms with van der Waals surface area (Å²) in [5.74, 6) is 0.292. The number of fused-ring (bicyclic) bond motifs is 1. The Bertz CT molecular complexity index is 753. The molecule has 1 aromatic carbocycles. The van der Waals surface area contributed by atoms with Gasteiger partial charge in [-0.3, -0.25) is 9.59 Å². The Labute approximate surface area is 129 Å². The number of hydrogen-bond donors (Lipinski definition) is 2. The quantitative estimate of drug-likeness (QED) is 0.886. The summed E-state index contributed by atoms with van der Waals surface area (Å²) in [7, 11) is 0. The third-order valence-electron chi connectivity index (χ3n) is 4.60. The maximum Gasteiger partial charge on any atom is 0.255 e. The standard InChI is InChI=1S/C17H21N3O2/c1-11-5-4-8-20(15(11)10-18)17(22)13-9-16(21)19-14-7-3-2-6-12(13)14/h2-3,6-7,9,11,15H,4-5,8,10,18H2,1H3,(H,19,21). The van der Waals surface area contributed by atoms with Gasteiger partial charge in [0.25, 0.3) is 5.91 Å². The average Bonchev–Trinajstić information content (AvgIpc) is 2.53. The van der Waals surface area contributed by atoms with Crippen LogP contribution in [0.5, 0.6) is 0 Å². The highest BCUT2D eigenvalue weighted by Crippen LogP contribution is 2.26. The maximum absolute atomic E-state index is 13.0. The molecule has 5 heteroatoms. The molecule has 3 rings (SSSR count). The number of amides is 1. The van der Waals surface area contributed by atoms with E-state index in [9.17, 15) is 9.59 Å². The van der Waals surface area contributed by atoms with Crippen molar-refractivity contribution < 1.29 is 4.79 Å². The topological polar surface area (TPSA) is 79.2 Å².